The lowest BCUT2D eigenvalue weighted by Crippen LogP contribution is -2.25. The van der Waals surface area contributed by atoms with Crippen molar-refractivity contribution in [1.29, 1.82) is 0 Å². The van der Waals surface area contributed by atoms with E-state index in [1.165, 1.54) is 6.07 Å². The van der Waals surface area contributed by atoms with Gasteiger partial charge < -0.3 is 15.1 Å². The molecular weight excluding hydrogens is 390 g/mol. The Morgan fingerprint density at radius 2 is 1.90 bits per heavy atom. The van der Waals surface area contributed by atoms with Gasteiger partial charge >= 0.3 is 0 Å². The number of halogens is 1. The van der Waals surface area contributed by atoms with Gasteiger partial charge in [-0.2, -0.15) is 0 Å². The van der Waals surface area contributed by atoms with Crippen LogP contribution in [0.4, 0.5) is 5.69 Å². The number of hydrogen-bond acceptors (Lipinski definition) is 4. The summed E-state index contributed by atoms with van der Waals surface area (Å²) in [4.78, 5) is 29.8. The van der Waals surface area contributed by atoms with Crippen molar-refractivity contribution in [2.45, 2.75) is 25.7 Å². The molecule has 2 N–H and O–H groups in total. The number of hydrogen-bond donors (Lipinski definition) is 2. The summed E-state index contributed by atoms with van der Waals surface area (Å²) >= 11 is 6.04. The third-order valence-corrected chi connectivity index (χ3v) is 4.88. The van der Waals surface area contributed by atoms with E-state index in [1.54, 1.807) is 12.1 Å². The normalized spacial score (nSPS) is 13.2. The van der Waals surface area contributed by atoms with Gasteiger partial charge in [0.25, 0.3) is 11.8 Å². The molecule has 1 saturated carbocycles. The van der Waals surface area contributed by atoms with E-state index in [2.05, 4.69) is 15.6 Å². The van der Waals surface area contributed by atoms with Gasteiger partial charge in [-0.05, 0) is 50.1 Å². The summed E-state index contributed by atoms with van der Waals surface area (Å²) in [5.41, 5.74) is 1.73. The Kier molecular flexibility index (Phi) is 5.36. The first-order valence-electron chi connectivity index (χ1n) is 9.52. The summed E-state index contributed by atoms with van der Waals surface area (Å²) < 4.78 is 5.95. The van der Waals surface area contributed by atoms with Crippen molar-refractivity contribution in [3.63, 3.8) is 0 Å². The summed E-state index contributed by atoms with van der Waals surface area (Å²) in [5.74, 6) is 0.491. The van der Waals surface area contributed by atoms with Crippen LogP contribution >= 0.6 is 11.6 Å². The smallest absolute Gasteiger partial charge is 0.277 e. The van der Waals surface area contributed by atoms with Crippen LogP contribution in [0.1, 0.15) is 52.3 Å². The van der Waals surface area contributed by atoms with E-state index in [9.17, 15) is 9.59 Å². The predicted molar refractivity (Wildman–Crippen MR) is 111 cm³/mol. The fraction of sp³-hybridized carbons (Fsp3) is 0.227. The average molecular weight is 410 g/mol. The van der Waals surface area contributed by atoms with Crippen molar-refractivity contribution in [3.8, 4) is 11.5 Å². The summed E-state index contributed by atoms with van der Waals surface area (Å²) in [6.45, 7) is 2.29. The van der Waals surface area contributed by atoms with Crippen LogP contribution in [-0.2, 0) is 0 Å². The summed E-state index contributed by atoms with van der Waals surface area (Å²) in [5, 5.41) is 5.94. The van der Waals surface area contributed by atoms with Crippen molar-refractivity contribution >= 4 is 29.1 Å². The van der Waals surface area contributed by atoms with Gasteiger partial charge in [0, 0.05) is 23.0 Å². The third-order valence-electron chi connectivity index (χ3n) is 4.65. The van der Waals surface area contributed by atoms with Crippen LogP contribution in [0.5, 0.6) is 0 Å². The molecule has 0 aliphatic heterocycles. The summed E-state index contributed by atoms with van der Waals surface area (Å²) in [6, 6.07) is 14.2. The molecule has 1 fully saturated rings. The highest BCUT2D eigenvalue weighted by Gasteiger charge is 2.34. The fourth-order valence-corrected chi connectivity index (χ4v) is 3.24. The van der Waals surface area contributed by atoms with Crippen LogP contribution in [0, 0.1) is 0 Å². The quantitative estimate of drug-likeness (QED) is 0.608. The number of oxazole rings is 1. The largest absolute Gasteiger partial charge is 0.440 e. The van der Waals surface area contributed by atoms with Gasteiger partial charge in [0.05, 0.1) is 11.3 Å². The second-order valence-electron chi connectivity index (χ2n) is 6.88. The number of carbonyl (C=O) groups excluding carboxylic acids is 2. The molecule has 6 nitrogen and oxygen atoms in total. The summed E-state index contributed by atoms with van der Waals surface area (Å²) in [6.07, 6.45) is 1.93. The highest BCUT2D eigenvalue weighted by molar-refractivity contribution is 6.31. The van der Waals surface area contributed by atoms with Crippen molar-refractivity contribution < 1.29 is 14.0 Å². The highest BCUT2D eigenvalue weighted by Crippen LogP contribution is 2.43. The Morgan fingerprint density at radius 3 is 2.59 bits per heavy atom. The number of nitrogens with zero attached hydrogens (tertiary/aromatic N) is 1. The molecule has 0 spiro atoms. The van der Waals surface area contributed by atoms with Crippen LogP contribution in [0.25, 0.3) is 11.5 Å². The maximum absolute atomic E-state index is 13.0. The van der Waals surface area contributed by atoms with E-state index in [0.29, 0.717) is 34.5 Å². The standard InChI is InChI=1S/C22H20ClN3O3/c1-2-24-20(27)16-12-15(23)10-11-17(16)25-21(28)18-19(13-8-9-13)29-22(26-18)14-6-4-3-5-7-14/h3-7,10-13H,2,8-9H2,1H3,(H,24,27)(H,25,28). The van der Waals surface area contributed by atoms with Crippen LogP contribution < -0.4 is 10.6 Å². The lowest BCUT2D eigenvalue weighted by molar-refractivity contribution is 0.0956. The number of amides is 2. The Hall–Kier alpha value is -3.12. The van der Waals surface area contributed by atoms with Gasteiger partial charge in [-0.15, -0.1) is 0 Å². The monoisotopic (exact) mass is 409 g/mol. The van der Waals surface area contributed by atoms with E-state index in [4.69, 9.17) is 16.0 Å². The molecule has 1 aliphatic carbocycles. The predicted octanol–water partition coefficient (Wildman–Crippen LogP) is 4.87. The molecule has 1 heterocycles. The Bertz CT molecular complexity index is 1060. The van der Waals surface area contributed by atoms with E-state index >= 15 is 0 Å². The molecule has 3 aromatic rings. The van der Waals surface area contributed by atoms with Gasteiger partial charge in [0.15, 0.2) is 5.69 Å². The zero-order chi connectivity index (χ0) is 20.4. The van der Waals surface area contributed by atoms with Crippen LogP contribution in [0.2, 0.25) is 5.02 Å². The molecule has 0 unspecified atom stereocenters. The van der Waals surface area contributed by atoms with E-state index in [1.807, 2.05) is 37.3 Å². The number of anilines is 1. The van der Waals surface area contributed by atoms with E-state index in [-0.39, 0.29) is 17.5 Å². The van der Waals surface area contributed by atoms with Gasteiger partial charge in [-0.1, -0.05) is 29.8 Å². The van der Waals surface area contributed by atoms with Gasteiger partial charge in [-0.25, -0.2) is 4.98 Å². The number of rotatable bonds is 6. The van der Waals surface area contributed by atoms with Gasteiger partial charge in [-0.3, -0.25) is 9.59 Å². The zero-order valence-corrected chi connectivity index (χ0v) is 16.6. The van der Waals surface area contributed by atoms with Crippen LogP contribution in [-0.4, -0.2) is 23.3 Å². The second kappa shape index (κ2) is 8.09. The molecule has 0 atom stereocenters. The lowest BCUT2D eigenvalue weighted by Gasteiger charge is -2.11. The van der Waals surface area contributed by atoms with Crippen LogP contribution in [0.15, 0.2) is 52.9 Å². The first-order chi connectivity index (χ1) is 14.1. The number of nitrogens with one attached hydrogen (secondary N) is 2. The van der Waals surface area contributed by atoms with Crippen molar-refractivity contribution in [1.82, 2.24) is 10.3 Å². The van der Waals surface area contributed by atoms with Crippen molar-refractivity contribution in [2.75, 3.05) is 11.9 Å². The minimum Gasteiger partial charge on any atom is -0.440 e. The molecular formula is C22H20ClN3O3. The van der Waals surface area contributed by atoms with Gasteiger partial charge in [0.2, 0.25) is 5.89 Å². The van der Waals surface area contributed by atoms with Crippen molar-refractivity contribution in [3.05, 3.63) is 70.6 Å². The molecule has 0 saturated heterocycles. The number of benzene rings is 2. The molecule has 2 amide bonds. The number of carbonyl (C=O) groups is 2. The maximum atomic E-state index is 13.0. The molecule has 7 heteroatoms. The fourth-order valence-electron chi connectivity index (χ4n) is 3.07. The van der Waals surface area contributed by atoms with Crippen molar-refractivity contribution in [2.24, 2.45) is 0 Å². The molecule has 0 radical (unpaired) electrons. The maximum Gasteiger partial charge on any atom is 0.277 e. The zero-order valence-electron chi connectivity index (χ0n) is 15.9. The molecule has 0 bridgehead atoms. The minimum absolute atomic E-state index is 0.203. The van der Waals surface area contributed by atoms with Crippen LogP contribution in [0.3, 0.4) is 0 Å². The first kappa shape index (κ1) is 19.2. The molecule has 1 aliphatic rings. The molecule has 4 rings (SSSR count). The number of aromatic nitrogens is 1. The van der Waals surface area contributed by atoms with E-state index < -0.39 is 5.91 Å². The topological polar surface area (TPSA) is 84.2 Å². The Labute approximate surface area is 173 Å². The second-order valence-corrected chi connectivity index (χ2v) is 7.31. The average Bonchev–Trinajstić information content (AvgIpc) is 3.48. The molecule has 148 valence electrons. The minimum atomic E-state index is -0.411. The lowest BCUT2D eigenvalue weighted by atomic mass is 10.1. The molecule has 1 aromatic heterocycles. The summed E-state index contributed by atoms with van der Waals surface area (Å²) in [7, 11) is 0. The van der Waals surface area contributed by atoms with E-state index in [0.717, 1.165) is 18.4 Å². The third kappa shape index (κ3) is 4.17. The Morgan fingerprint density at radius 1 is 1.14 bits per heavy atom. The highest BCUT2D eigenvalue weighted by atomic mass is 35.5. The SMILES string of the molecule is CCNC(=O)c1cc(Cl)ccc1NC(=O)c1nc(-c2ccccc2)oc1C1CC1. The first-order valence-corrected chi connectivity index (χ1v) is 9.90. The Balaban J connectivity index is 1.66. The molecule has 2 aromatic carbocycles. The van der Waals surface area contributed by atoms with Gasteiger partial charge in [0.1, 0.15) is 5.76 Å². The molecule has 29 heavy (non-hydrogen) atoms.